The van der Waals surface area contributed by atoms with Crippen LogP contribution >= 0.6 is 23.2 Å². The minimum atomic E-state index is -0.261. The molecule has 0 bridgehead atoms. The van der Waals surface area contributed by atoms with Crippen molar-refractivity contribution in [1.29, 1.82) is 0 Å². The van der Waals surface area contributed by atoms with Crippen LogP contribution in [-0.2, 0) is 4.79 Å². The van der Waals surface area contributed by atoms with Crippen molar-refractivity contribution in [2.75, 3.05) is 18.9 Å². The molecule has 1 amide bonds. The van der Waals surface area contributed by atoms with Crippen LogP contribution in [0.1, 0.15) is 6.42 Å². The maximum atomic E-state index is 11.7. The number of anilines is 1. The van der Waals surface area contributed by atoms with Gasteiger partial charge >= 0.3 is 0 Å². The van der Waals surface area contributed by atoms with Crippen LogP contribution in [0.5, 0.6) is 0 Å². The molecule has 1 aliphatic rings. The van der Waals surface area contributed by atoms with Gasteiger partial charge in [0.1, 0.15) is 6.04 Å². The fourth-order valence-corrected chi connectivity index (χ4v) is 1.89. The van der Waals surface area contributed by atoms with E-state index in [-0.39, 0.29) is 22.3 Å². The molecule has 1 N–H and O–H groups in total. The number of hydrogen-bond acceptors (Lipinski definition) is 4. The maximum absolute atomic E-state index is 11.7. The molecule has 1 fully saturated rings. The first-order chi connectivity index (χ1) is 7.58. The summed E-state index contributed by atoms with van der Waals surface area (Å²) in [7, 11) is 1.77. The van der Waals surface area contributed by atoms with Gasteiger partial charge in [-0.05, 0) is 6.42 Å². The fourth-order valence-electron chi connectivity index (χ4n) is 1.60. The third-order valence-corrected chi connectivity index (χ3v) is 2.94. The normalized spacial score (nSPS) is 20.3. The van der Waals surface area contributed by atoms with Crippen molar-refractivity contribution < 1.29 is 4.79 Å². The number of nitrogens with one attached hydrogen (secondary N) is 1. The van der Waals surface area contributed by atoms with Gasteiger partial charge in [-0.15, -0.1) is 10.2 Å². The van der Waals surface area contributed by atoms with Gasteiger partial charge in [0.15, 0.2) is 10.3 Å². The third kappa shape index (κ3) is 2.20. The van der Waals surface area contributed by atoms with Crippen molar-refractivity contribution in [3.8, 4) is 0 Å². The summed E-state index contributed by atoms with van der Waals surface area (Å²) >= 11 is 11.5. The Bertz CT molecular complexity index is 426. The van der Waals surface area contributed by atoms with E-state index in [1.54, 1.807) is 18.0 Å². The van der Waals surface area contributed by atoms with Crippen LogP contribution in [0.25, 0.3) is 0 Å². The van der Waals surface area contributed by atoms with Crippen LogP contribution in [-0.4, -0.2) is 40.6 Å². The zero-order valence-corrected chi connectivity index (χ0v) is 10.1. The zero-order valence-electron chi connectivity index (χ0n) is 8.57. The highest BCUT2D eigenvalue weighted by atomic mass is 35.5. The Morgan fingerprint density at radius 2 is 2.25 bits per heavy atom. The summed E-state index contributed by atoms with van der Waals surface area (Å²) in [6, 6.07) is 1.30. The molecule has 5 nitrogen and oxygen atoms in total. The highest BCUT2D eigenvalue weighted by Crippen LogP contribution is 2.23. The third-order valence-electron chi connectivity index (χ3n) is 2.48. The lowest BCUT2D eigenvalue weighted by Crippen LogP contribution is -2.31. The number of carbonyl (C=O) groups excluding carboxylic acids is 1. The Balaban J connectivity index is 2.15. The van der Waals surface area contributed by atoms with E-state index in [1.165, 1.54) is 0 Å². The largest absolute Gasteiger partial charge is 0.371 e. The Labute approximate surface area is 103 Å². The van der Waals surface area contributed by atoms with Crippen molar-refractivity contribution in [1.82, 2.24) is 15.1 Å². The predicted molar refractivity (Wildman–Crippen MR) is 61.7 cm³/mol. The molecule has 1 atom stereocenters. The van der Waals surface area contributed by atoms with Gasteiger partial charge in [-0.1, -0.05) is 23.2 Å². The Hall–Kier alpha value is -1.07. The SMILES string of the molecule is CN1CCC(Nc2cc(Cl)nnc2Cl)C1=O. The van der Waals surface area contributed by atoms with E-state index in [2.05, 4.69) is 15.5 Å². The molecule has 86 valence electrons. The summed E-state index contributed by atoms with van der Waals surface area (Å²) in [4.78, 5) is 13.3. The van der Waals surface area contributed by atoms with E-state index < -0.39 is 0 Å². The predicted octanol–water partition coefficient (Wildman–Crippen LogP) is 1.43. The summed E-state index contributed by atoms with van der Waals surface area (Å²) < 4.78 is 0. The quantitative estimate of drug-likeness (QED) is 0.874. The molecule has 0 aromatic carbocycles. The summed E-state index contributed by atoms with van der Waals surface area (Å²) in [5, 5.41) is 10.7. The Kier molecular flexibility index (Phi) is 3.16. The van der Waals surface area contributed by atoms with Crippen molar-refractivity contribution in [3.05, 3.63) is 16.4 Å². The van der Waals surface area contributed by atoms with E-state index in [4.69, 9.17) is 23.2 Å². The first kappa shape index (κ1) is 11.4. The molecule has 0 saturated carbocycles. The highest BCUT2D eigenvalue weighted by molar-refractivity contribution is 6.33. The number of rotatable bonds is 2. The molecule has 1 aliphatic heterocycles. The van der Waals surface area contributed by atoms with Crippen molar-refractivity contribution in [2.45, 2.75) is 12.5 Å². The molecular weight excluding hydrogens is 251 g/mol. The van der Waals surface area contributed by atoms with Gasteiger partial charge in [0.25, 0.3) is 0 Å². The van der Waals surface area contributed by atoms with Gasteiger partial charge in [0.05, 0.1) is 5.69 Å². The molecule has 1 unspecified atom stereocenters. The first-order valence-electron chi connectivity index (χ1n) is 4.78. The lowest BCUT2D eigenvalue weighted by molar-refractivity contribution is -0.127. The van der Waals surface area contributed by atoms with E-state index in [0.717, 1.165) is 13.0 Å². The number of amides is 1. The lowest BCUT2D eigenvalue weighted by atomic mass is 10.2. The minimum Gasteiger partial charge on any atom is -0.371 e. The number of aromatic nitrogens is 2. The van der Waals surface area contributed by atoms with E-state index in [9.17, 15) is 4.79 Å². The van der Waals surface area contributed by atoms with Crippen molar-refractivity contribution in [3.63, 3.8) is 0 Å². The van der Waals surface area contributed by atoms with Gasteiger partial charge in [-0.2, -0.15) is 0 Å². The van der Waals surface area contributed by atoms with Crippen LogP contribution in [0, 0.1) is 0 Å². The second-order valence-corrected chi connectivity index (χ2v) is 4.36. The summed E-state index contributed by atoms with van der Waals surface area (Å²) in [6.07, 6.45) is 0.742. The molecule has 1 aromatic heterocycles. The number of likely N-dealkylation sites (tertiary alicyclic amines) is 1. The first-order valence-corrected chi connectivity index (χ1v) is 5.54. The molecule has 1 aromatic rings. The molecule has 7 heteroatoms. The van der Waals surface area contributed by atoms with E-state index >= 15 is 0 Å². The molecule has 2 heterocycles. The minimum absolute atomic E-state index is 0.0454. The number of hydrogen-bond donors (Lipinski definition) is 1. The summed E-state index contributed by atoms with van der Waals surface area (Å²) in [5.41, 5.74) is 0.537. The molecule has 0 aliphatic carbocycles. The molecular formula is C9H10Cl2N4O. The monoisotopic (exact) mass is 260 g/mol. The van der Waals surface area contributed by atoms with Crippen molar-refractivity contribution >= 4 is 34.8 Å². The summed E-state index contributed by atoms with van der Waals surface area (Å²) in [5.74, 6) is 0.0454. The number of halogens is 2. The van der Waals surface area contributed by atoms with Crippen LogP contribution in [0.2, 0.25) is 10.3 Å². The van der Waals surface area contributed by atoms with Gasteiger partial charge in [-0.25, -0.2) is 0 Å². The van der Waals surface area contributed by atoms with Gasteiger partial charge in [0, 0.05) is 19.7 Å². The number of carbonyl (C=O) groups is 1. The molecule has 16 heavy (non-hydrogen) atoms. The Morgan fingerprint density at radius 1 is 1.50 bits per heavy atom. The van der Waals surface area contributed by atoms with Crippen molar-refractivity contribution in [2.24, 2.45) is 0 Å². The molecule has 2 rings (SSSR count). The zero-order chi connectivity index (χ0) is 11.7. The molecule has 1 saturated heterocycles. The molecule has 0 spiro atoms. The average Bonchev–Trinajstić information content (AvgIpc) is 2.55. The van der Waals surface area contributed by atoms with Crippen LogP contribution in [0.3, 0.4) is 0 Å². The topological polar surface area (TPSA) is 58.1 Å². The highest BCUT2D eigenvalue weighted by Gasteiger charge is 2.29. The standard InChI is InChI=1S/C9H10Cl2N4O/c1-15-3-2-5(9(15)16)12-6-4-7(10)13-14-8(6)11/h4-5H,2-3H2,1H3,(H,12,13). The van der Waals surface area contributed by atoms with Crippen LogP contribution in [0.15, 0.2) is 6.07 Å². The Morgan fingerprint density at radius 3 is 2.88 bits per heavy atom. The van der Waals surface area contributed by atoms with Gasteiger partial charge in [-0.3, -0.25) is 4.79 Å². The smallest absolute Gasteiger partial charge is 0.244 e. The average molecular weight is 261 g/mol. The fraction of sp³-hybridized carbons (Fsp3) is 0.444. The van der Waals surface area contributed by atoms with Gasteiger partial charge in [0.2, 0.25) is 5.91 Å². The lowest BCUT2D eigenvalue weighted by Gasteiger charge is -2.13. The number of nitrogens with zero attached hydrogens (tertiary/aromatic N) is 3. The maximum Gasteiger partial charge on any atom is 0.244 e. The van der Waals surface area contributed by atoms with E-state index in [0.29, 0.717) is 5.69 Å². The van der Waals surface area contributed by atoms with Crippen LogP contribution in [0.4, 0.5) is 5.69 Å². The van der Waals surface area contributed by atoms with Gasteiger partial charge < -0.3 is 10.2 Å². The van der Waals surface area contributed by atoms with Crippen LogP contribution < -0.4 is 5.32 Å². The number of likely N-dealkylation sites (N-methyl/N-ethyl adjacent to an activating group) is 1. The summed E-state index contributed by atoms with van der Waals surface area (Å²) in [6.45, 7) is 0.736. The van der Waals surface area contributed by atoms with E-state index in [1.807, 2.05) is 0 Å². The second kappa shape index (κ2) is 4.43. The molecule has 0 radical (unpaired) electrons. The second-order valence-electron chi connectivity index (χ2n) is 3.62.